The van der Waals surface area contributed by atoms with Crippen molar-refractivity contribution < 1.29 is 0 Å². The molecule has 0 amide bonds. The van der Waals surface area contributed by atoms with Crippen LogP contribution in [0.4, 0.5) is 5.69 Å². The van der Waals surface area contributed by atoms with Gasteiger partial charge in [-0.3, -0.25) is 4.99 Å². The number of hydrogen-bond donors (Lipinski definition) is 1. The van der Waals surface area contributed by atoms with Crippen molar-refractivity contribution in [3.63, 3.8) is 0 Å². The highest BCUT2D eigenvalue weighted by Crippen LogP contribution is 2.48. The Kier molecular flexibility index (Phi) is 5.27. The zero-order chi connectivity index (χ0) is 20.5. The van der Waals surface area contributed by atoms with Gasteiger partial charge in [-0.05, 0) is 81.7 Å². The topological polar surface area (TPSA) is 24.4 Å². The molecule has 1 N–H and O–H groups in total. The molecule has 0 saturated carbocycles. The van der Waals surface area contributed by atoms with Gasteiger partial charge < -0.3 is 5.32 Å². The van der Waals surface area contributed by atoms with Gasteiger partial charge in [0.15, 0.2) is 0 Å². The third-order valence-corrected chi connectivity index (χ3v) is 6.35. The fraction of sp³-hybridized carbons (Fsp3) is 0.296. The maximum Gasteiger partial charge on any atom is 0.0574 e. The second-order valence-electron chi connectivity index (χ2n) is 7.80. The molecule has 0 aromatic heterocycles. The summed E-state index contributed by atoms with van der Waals surface area (Å²) in [5.74, 6) is 0.331. The van der Waals surface area contributed by atoms with Gasteiger partial charge in [-0.1, -0.05) is 51.1 Å². The van der Waals surface area contributed by atoms with Crippen LogP contribution in [0.1, 0.15) is 54.5 Å². The molecule has 0 spiro atoms. The monoisotopic (exact) mass is 382 g/mol. The Morgan fingerprint density at radius 3 is 2.34 bits per heavy atom. The van der Waals surface area contributed by atoms with Crippen LogP contribution in [0, 0.1) is 0 Å². The normalized spacial score (nSPS) is 19.1. The molecule has 0 bridgehead atoms. The molecule has 2 heteroatoms. The van der Waals surface area contributed by atoms with Crippen molar-refractivity contribution in [2.75, 3.05) is 19.4 Å². The highest BCUT2D eigenvalue weighted by molar-refractivity contribution is 6.09. The fourth-order valence-corrected chi connectivity index (χ4v) is 4.72. The third-order valence-electron chi connectivity index (χ3n) is 6.35. The highest BCUT2D eigenvalue weighted by atomic mass is 14.8. The summed E-state index contributed by atoms with van der Waals surface area (Å²) in [6, 6.07) is 13.6. The van der Waals surface area contributed by atoms with Crippen LogP contribution in [0.3, 0.4) is 0 Å². The molecule has 1 unspecified atom stereocenters. The Morgan fingerprint density at radius 2 is 1.72 bits per heavy atom. The van der Waals surface area contributed by atoms with Gasteiger partial charge in [0, 0.05) is 25.7 Å². The van der Waals surface area contributed by atoms with Gasteiger partial charge in [-0.15, -0.1) is 0 Å². The van der Waals surface area contributed by atoms with Crippen LogP contribution < -0.4 is 5.32 Å². The number of rotatable bonds is 4. The fourth-order valence-electron chi connectivity index (χ4n) is 4.72. The predicted octanol–water partition coefficient (Wildman–Crippen LogP) is 6.34. The number of aryl methyl sites for hydroxylation is 2. The molecule has 2 aromatic rings. The largest absolute Gasteiger partial charge is 0.388 e. The Bertz CT molecular complexity index is 1060. The second-order valence-corrected chi connectivity index (χ2v) is 7.80. The van der Waals surface area contributed by atoms with E-state index in [0.29, 0.717) is 5.92 Å². The summed E-state index contributed by atoms with van der Waals surface area (Å²) < 4.78 is 0. The maximum absolute atomic E-state index is 4.45. The van der Waals surface area contributed by atoms with E-state index in [1.165, 1.54) is 44.5 Å². The second kappa shape index (κ2) is 7.87. The maximum atomic E-state index is 4.45. The SMILES string of the molecule is CCc1cccc(CC)c1C1=C2C=CC(=NC)C=C2C(C)c2cc(NC)ccc21. The number of allylic oxidation sites excluding steroid dienone is 5. The Morgan fingerprint density at radius 1 is 1.00 bits per heavy atom. The van der Waals surface area contributed by atoms with Gasteiger partial charge in [0.1, 0.15) is 0 Å². The highest BCUT2D eigenvalue weighted by Gasteiger charge is 2.31. The van der Waals surface area contributed by atoms with E-state index in [0.717, 1.165) is 24.2 Å². The molecule has 0 aliphatic heterocycles. The van der Waals surface area contributed by atoms with E-state index in [1.54, 1.807) is 0 Å². The van der Waals surface area contributed by atoms with Crippen molar-refractivity contribution in [1.29, 1.82) is 0 Å². The summed E-state index contributed by atoms with van der Waals surface area (Å²) >= 11 is 0. The average molecular weight is 383 g/mol. The lowest BCUT2D eigenvalue weighted by Gasteiger charge is -2.33. The quantitative estimate of drug-likeness (QED) is 0.655. The summed E-state index contributed by atoms with van der Waals surface area (Å²) in [6.07, 6.45) is 8.77. The van der Waals surface area contributed by atoms with Gasteiger partial charge in [-0.25, -0.2) is 0 Å². The molecular weight excluding hydrogens is 352 g/mol. The van der Waals surface area contributed by atoms with Crippen LogP contribution in [-0.2, 0) is 12.8 Å². The number of hydrogen-bond acceptors (Lipinski definition) is 2. The summed E-state index contributed by atoms with van der Waals surface area (Å²) in [4.78, 5) is 4.45. The molecule has 0 saturated heterocycles. The first-order valence-corrected chi connectivity index (χ1v) is 10.7. The van der Waals surface area contributed by atoms with Crippen LogP contribution in [0.25, 0.3) is 5.57 Å². The first kappa shape index (κ1) is 19.4. The van der Waals surface area contributed by atoms with Crippen LogP contribution >= 0.6 is 0 Å². The van der Waals surface area contributed by atoms with E-state index in [-0.39, 0.29) is 0 Å². The minimum Gasteiger partial charge on any atom is -0.388 e. The number of nitrogens with one attached hydrogen (secondary N) is 1. The van der Waals surface area contributed by atoms with Crippen molar-refractivity contribution in [3.8, 4) is 0 Å². The van der Waals surface area contributed by atoms with E-state index in [4.69, 9.17) is 0 Å². The van der Waals surface area contributed by atoms with Crippen molar-refractivity contribution in [2.24, 2.45) is 4.99 Å². The lowest BCUT2D eigenvalue weighted by Crippen LogP contribution is -2.17. The molecule has 29 heavy (non-hydrogen) atoms. The molecule has 2 aromatic carbocycles. The van der Waals surface area contributed by atoms with E-state index in [1.807, 2.05) is 14.1 Å². The number of benzene rings is 2. The molecular formula is C27H30N2. The summed E-state index contributed by atoms with van der Waals surface area (Å²) in [7, 11) is 3.86. The van der Waals surface area contributed by atoms with Gasteiger partial charge in [0.25, 0.3) is 0 Å². The van der Waals surface area contributed by atoms with Crippen molar-refractivity contribution in [1.82, 2.24) is 0 Å². The predicted molar refractivity (Wildman–Crippen MR) is 126 cm³/mol. The molecule has 2 aliphatic carbocycles. The van der Waals surface area contributed by atoms with Gasteiger partial charge in [0.05, 0.1) is 5.71 Å². The zero-order valence-corrected chi connectivity index (χ0v) is 18.1. The summed E-state index contributed by atoms with van der Waals surface area (Å²) in [6.45, 7) is 6.84. The Labute approximate surface area is 174 Å². The van der Waals surface area contributed by atoms with Crippen molar-refractivity contribution in [3.05, 3.63) is 93.6 Å². The number of anilines is 1. The molecule has 0 heterocycles. The van der Waals surface area contributed by atoms with Gasteiger partial charge in [0.2, 0.25) is 0 Å². The van der Waals surface area contributed by atoms with Crippen molar-refractivity contribution >= 4 is 17.0 Å². The van der Waals surface area contributed by atoms with Crippen LogP contribution in [0.15, 0.2) is 70.8 Å². The molecule has 2 aliphatic rings. The minimum atomic E-state index is 0.331. The standard InChI is InChI=1S/C27H30N2/c1-6-18-9-8-10-19(7-2)26(18)27-22-13-11-20(28-4)15-24(22)17(3)25-16-21(29-5)12-14-23(25)27/h8-17,28H,6-7H2,1-5H3. The molecule has 2 nitrogen and oxygen atoms in total. The Hall–Kier alpha value is -2.87. The van der Waals surface area contributed by atoms with E-state index < -0.39 is 0 Å². The summed E-state index contributed by atoms with van der Waals surface area (Å²) in [5.41, 5.74) is 13.3. The molecule has 0 radical (unpaired) electrons. The van der Waals surface area contributed by atoms with E-state index in [9.17, 15) is 0 Å². The zero-order valence-electron chi connectivity index (χ0n) is 18.1. The Balaban J connectivity index is 2.11. The molecule has 4 rings (SSSR count). The molecule has 148 valence electrons. The van der Waals surface area contributed by atoms with E-state index in [2.05, 4.69) is 85.7 Å². The average Bonchev–Trinajstić information content (AvgIpc) is 2.78. The first-order chi connectivity index (χ1) is 14.1. The lowest BCUT2D eigenvalue weighted by atomic mass is 9.71. The molecule has 0 fully saturated rings. The van der Waals surface area contributed by atoms with Crippen molar-refractivity contribution in [2.45, 2.75) is 39.5 Å². The van der Waals surface area contributed by atoms with Gasteiger partial charge >= 0.3 is 0 Å². The smallest absolute Gasteiger partial charge is 0.0574 e. The molecule has 1 atom stereocenters. The van der Waals surface area contributed by atoms with Crippen LogP contribution in [0.2, 0.25) is 0 Å². The number of fused-ring (bicyclic) bond motifs is 2. The first-order valence-electron chi connectivity index (χ1n) is 10.7. The number of aliphatic imine (C=N–C) groups is 1. The van der Waals surface area contributed by atoms with Crippen LogP contribution in [-0.4, -0.2) is 19.8 Å². The lowest BCUT2D eigenvalue weighted by molar-refractivity contribution is 0.891. The number of nitrogens with zero attached hydrogens (tertiary/aromatic N) is 1. The minimum absolute atomic E-state index is 0.331. The van der Waals surface area contributed by atoms with Gasteiger partial charge in [-0.2, -0.15) is 0 Å². The third kappa shape index (κ3) is 3.17. The summed E-state index contributed by atoms with van der Waals surface area (Å²) in [5, 5.41) is 3.32. The van der Waals surface area contributed by atoms with E-state index >= 15 is 0 Å². The van der Waals surface area contributed by atoms with Crippen LogP contribution in [0.5, 0.6) is 0 Å².